The number of nitrogens with zero attached hydrogens (tertiary/aromatic N) is 4. The molecule has 0 saturated carbocycles. The van der Waals surface area contributed by atoms with Gasteiger partial charge in [0.15, 0.2) is 5.13 Å². The Morgan fingerprint density at radius 3 is 3.04 bits per heavy atom. The van der Waals surface area contributed by atoms with E-state index in [1.807, 2.05) is 26.1 Å². The van der Waals surface area contributed by atoms with Crippen molar-refractivity contribution < 1.29 is 4.79 Å². The minimum atomic E-state index is -0.0798. The zero-order chi connectivity index (χ0) is 18.3. The van der Waals surface area contributed by atoms with Crippen molar-refractivity contribution in [1.82, 2.24) is 19.9 Å². The van der Waals surface area contributed by atoms with E-state index in [9.17, 15) is 4.79 Å². The third-order valence-corrected chi connectivity index (χ3v) is 6.00. The topological polar surface area (TPSA) is 63.1 Å². The SMILES string of the molecule is Cc1cc(Cl)cc2sc(N3CCCC(NC(=O)c4cncn4C)C3)nc12. The summed E-state index contributed by atoms with van der Waals surface area (Å²) in [6, 6.07) is 4.01. The van der Waals surface area contributed by atoms with Crippen LogP contribution in [0.2, 0.25) is 5.02 Å². The molecular formula is C18H20ClN5OS. The number of amides is 1. The minimum absolute atomic E-state index is 0.0798. The number of piperidine rings is 1. The van der Waals surface area contributed by atoms with Gasteiger partial charge in [-0.25, -0.2) is 9.97 Å². The average molecular weight is 390 g/mol. The Labute approximate surface area is 160 Å². The van der Waals surface area contributed by atoms with Gasteiger partial charge in [0.1, 0.15) is 5.69 Å². The molecule has 0 bridgehead atoms. The number of halogens is 1. The molecule has 3 heterocycles. The highest BCUT2D eigenvalue weighted by atomic mass is 35.5. The molecule has 1 saturated heterocycles. The molecule has 1 aromatic carbocycles. The Bertz CT molecular complexity index is 966. The van der Waals surface area contributed by atoms with Gasteiger partial charge in [0.25, 0.3) is 5.91 Å². The number of nitrogens with one attached hydrogen (secondary N) is 1. The molecule has 0 radical (unpaired) electrons. The van der Waals surface area contributed by atoms with Crippen molar-refractivity contribution in [2.24, 2.45) is 7.05 Å². The first-order chi connectivity index (χ1) is 12.5. The molecule has 8 heteroatoms. The molecule has 1 amide bonds. The number of carbonyl (C=O) groups excluding carboxylic acids is 1. The number of anilines is 1. The predicted octanol–water partition coefficient (Wildman–Crippen LogP) is 3.39. The van der Waals surface area contributed by atoms with Crippen LogP contribution in [0.3, 0.4) is 0 Å². The zero-order valence-electron chi connectivity index (χ0n) is 14.7. The fraction of sp³-hybridized carbons (Fsp3) is 0.389. The molecule has 1 fully saturated rings. The second-order valence-electron chi connectivity index (χ2n) is 6.71. The van der Waals surface area contributed by atoms with Crippen LogP contribution in [0.5, 0.6) is 0 Å². The number of aryl methyl sites for hydroxylation is 2. The lowest BCUT2D eigenvalue weighted by molar-refractivity contribution is 0.0925. The summed E-state index contributed by atoms with van der Waals surface area (Å²) in [5, 5.41) is 4.86. The number of thiazole rings is 1. The number of hydrogen-bond acceptors (Lipinski definition) is 5. The van der Waals surface area contributed by atoms with Crippen LogP contribution in [0.15, 0.2) is 24.7 Å². The normalized spacial score (nSPS) is 17.7. The number of carbonyl (C=O) groups is 1. The Kier molecular flexibility index (Phi) is 4.58. The van der Waals surface area contributed by atoms with Gasteiger partial charge in [0, 0.05) is 31.2 Å². The second-order valence-corrected chi connectivity index (χ2v) is 8.16. The third kappa shape index (κ3) is 3.29. The Morgan fingerprint density at radius 2 is 2.27 bits per heavy atom. The molecule has 1 N–H and O–H groups in total. The monoisotopic (exact) mass is 389 g/mol. The number of fused-ring (bicyclic) bond motifs is 1. The minimum Gasteiger partial charge on any atom is -0.346 e. The van der Waals surface area contributed by atoms with Gasteiger partial charge < -0.3 is 14.8 Å². The standard InChI is InChI=1S/C18H20ClN5OS/c1-11-6-12(19)7-15-16(11)22-18(26-15)24-5-3-4-13(9-24)21-17(25)14-8-20-10-23(14)2/h6-8,10,13H,3-5,9H2,1-2H3,(H,21,25). The Hall–Kier alpha value is -2.12. The van der Waals surface area contributed by atoms with Crippen LogP contribution in [-0.2, 0) is 7.05 Å². The van der Waals surface area contributed by atoms with Crippen LogP contribution in [0.1, 0.15) is 28.9 Å². The predicted molar refractivity (Wildman–Crippen MR) is 105 cm³/mol. The first-order valence-electron chi connectivity index (χ1n) is 8.60. The summed E-state index contributed by atoms with van der Waals surface area (Å²) in [5.74, 6) is -0.0798. The van der Waals surface area contributed by atoms with Crippen LogP contribution in [0, 0.1) is 6.92 Å². The van der Waals surface area contributed by atoms with E-state index in [4.69, 9.17) is 16.6 Å². The van der Waals surface area contributed by atoms with Gasteiger partial charge in [-0.15, -0.1) is 0 Å². The van der Waals surface area contributed by atoms with E-state index in [0.29, 0.717) is 5.69 Å². The van der Waals surface area contributed by atoms with Gasteiger partial charge in [-0.1, -0.05) is 22.9 Å². The summed E-state index contributed by atoms with van der Waals surface area (Å²) in [4.78, 5) is 23.5. The maximum atomic E-state index is 12.4. The molecule has 1 aliphatic heterocycles. The van der Waals surface area contributed by atoms with Gasteiger partial charge >= 0.3 is 0 Å². The second kappa shape index (κ2) is 6.89. The molecule has 4 rings (SSSR count). The Balaban J connectivity index is 1.51. The molecule has 26 heavy (non-hydrogen) atoms. The molecule has 3 aromatic rings. The summed E-state index contributed by atoms with van der Waals surface area (Å²) in [7, 11) is 1.82. The van der Waals surface area contributed by atoms with Crippen molar-refractivity contribution in [3.63, 3.8) is 0 Å². The lowest BCUT2D eigenvalue weighted by atomic mass is 10.1. The molecule has 136 valence electrons. The van der Waals surface area contributed by atoms with Gasteiger partial charge in [0.05, 0.1) is 22.7 Å². The fourth-order valence-electron chi connectivity index (χ4n) is 3.38. The smallest absolute Gasteiger partial charge is 0.269 e. The summed E-state index contributed by atoms with van der Waals surface area (Å²) in [6.45, 7) is 3.74. The molecular weight excluding hydrogens is 370 g/mol. The average Bonchev–Trinajstić information content (AvgIpc) is 3.21. The highest BCUT2D eigenvalue weighted by molar-refractivity contribution is 7.22. The van der Waals surface area contributed by atoms with Crippen molar-refractivity contribution in [2.75, 3.05) is 18.0 Å². The van der Waals surface area contributed by atoms with Crippen LogP contribution in [0.25, 0.3) is 10.2 Å². The van der Waals surface area contributed by atoms with Gasteiger partial charge in [-0.2, -0.15) is 0 Å². The van der Waals surface area contributed by atoms with E-state index >= 15 is 0 Å². The molecule has 1 aliphatic rings. The lowest BCUT2D eigenvalue weighted by Gasteiger charge is -2.32. The number of aromatic nitrogens is 3. The van der Waals surface area contributed by atoms with Crippen LogP contribution in [0.4, 0.5) is 5.13 Å². The number of benzene rings is 1. The van der Waals surface area contributed by atoms with Crippen LogP contribution < -0.4 is 10.2 Å². The highest BCUT2D eigenvalue weighted by Gasteiger charge is 2.25. The molecule has 1 atom stereocenters. The van der Waals surface area contributed by atoms with E-state index in [2.05, 4.69) is 15.2 Å². The van der Waals surface area contributed by atoms with Crippen LogP contribution in [-0.4, -0.2) is 39.6 Å². The van der Waals surface area contributed by atoms with Crippen molar-refractivity contribution in [3.8, 4) is 0 Å². The van der Waals surface area contributed by atoms with Crippen molar-refractivity contribution in [3.05, 3.63) is 40.9 Å². The van der Waals surface area contributed by atoms with Gasteiger partial charge in [-0.3, -0.25) is 4.79 Å². The van der Waals surface area contributed by atoms with E-state index in [1.54, 1.807) is 28.4 Å². The molecule has 1 unspecified atom stereocenters. The lowest BCUT2D eigenvalue weighted by Crippen LogP contribution is -2.48. The molecule has 6 nitrogen and oxygen atoms in total. The van der Waals surface area contributed by atoms with Gasteiger partial charge in [0.2, 0.25) is 0 Å². The van der Waals surface area contributed by atoms with E-state index in [0.717, 1.165) is 51.9 Å². The fourth-order valence-corrected chi connectivity index (χ4v) is 4.84. The Morgan fingerprint density at radius 1 is 1.42 bits per heavy atom. The quantitative estimate of drug-likeness (QED) is 0.745. The largest absolute Gasteiger partial charge is 0.346 e. The highest BCUT2D eigenvalue weighted by Crippen LogP contribution is 2.34. The third-order valence-electron chi connectivity index (χ3n) is 4.72. The maximum Gasteiger partial charge on any atom is 0.269 e. The van der Waals surface area contributed by atoms with Crippen molar-refractivity contribution in [2.45, 2.75) is 25.8 Å². The first kappa shape index (κ1) is 17.3. The van der Waals surface area contributed by atoms with Gasteiger partial charge in [-0.05, 0) is 37.5 Å². The molecule has 0 aliphatic carbocycles. The molecule has 0 spiro atoms. The summed E-state index contributed by atoms with van der Waals surface area (Å²) in [6.07, 6.45) is 5.22. The van der Waals surface area contributed by atoms with Crippen molar-refractivity contribution >= 4 is 44.2 Å². The number of imidazole rings is 1. The maximum absolute atomic E-state index is 12.4. The van der Waals surface area contributed by atoms with E-state index < -0.39 is 0 Å². The summed E-state index contributed by atoms with van der Waals surface area (Å²) >= 11 is 7.83. The number of hydrogen-bond donors (Lipinski definition) is 1. The zero-order valence-corrected chi connectivity index (χ0v) is 16.3. The van der Waals surface area contributed by atoms with Crippen LogP contribution >= 0.6 is 22.9 Å². The summed E-state index contributed by atoms with van der Waals surface area (Å²) in [5.41, 5.74) is 2.68. The first-order valence-corrected chi connectivity index (χ1v) is 9.79. The number of rotatable bonds is 3. The molecule has 2 aromatic heterocycles. The van der Waals surface area contributed by atoms with E-state index in [-0.39, 0.29) is 11.9 Å². The van der Waals surface area contributed by atoms with E-state index in [1.165, 1.54) is 0 Å². The van der Waals surface area contributed by atoms with Crippen molar-refractivity contribution in [1.29, 1.82) is 0 Å². The summed E-state index contributed by atoms with van der Waals surface area (Å²) < 4.78 is 2.83.